The summed E-state index contributed by atoms with van der Waals surface area (Å²) in [6, 6.07) is 0.931. The molecule has 0 aromatic carbocycles. The lowest BCUT2D eigenvalue weighted by molar-refractivity contribution is -0.142. The molecule has 116 valence electrons. The lowest BCUT2D eigenvalue weighted by Crippen LogP contribution is -2.38. The van der Waals surface area contributed by atoms with E-state index >= 15 is 0 Å². The number of carboxylic acids is 1. The first-order valence-electron chi connectivity index (χ1n) is 8.10. The SMILES string of the molecule is CC(C)N1CCCCC1c1cn2c(n1)CCC(C(=O)O)C2. The monoisotopic (exact) mass is 291 g/mol. The predicted octanol–water partition coefficient (Wildman–Crippen LogP) is 2.47. The summed E-state index contributed by atoms with van der Waals surface area (Å²) in [5.74, 6) is 0.126. The van der Waals surface area contributed by atoms with Gasteiger partial charge in [-0.05, 0) is 39.7 Å². The molecular formula is C16H25N3O2. The van der Waals surface area contributed by atoms with Crippen molar-refractivity contribution in [3.63, 3.8) is 0 Å². The number of aliphatic carboxylic acids is 1. The Hall–Kier alpha value is -1.36. The van der Waals surface area contributed by atoms with Crippen LogP contribution in [0.4, 0.5) is 0 Å². The van der Waals surface area contributed by atoms with Crippen molar-refractivity contribution in [2.45, 2.75) is 64.6 Å². The Balaban J connectivity index is 1.82. The van der Waals surface area contributed by atoms with Gasteiger partial charge in [-0.15, -0.1) is 0 Å². The molecule has 2 atom stereocenters. The number of hydrogen-bond acceptors (Lipinski definition) is 3. The molecular weight excluding hydrogens is 266 g/mol. The van der Waals surface area contributed by atoms with Gasteiger partial charge in [-0.3, -0.25) is 9.69 Å². The average Bonchev–Trinajstić information content (AvgIpc) is 2.89. The molecule has 2 aliphatic heterocycles. The van der Waals surface area contributed by atoms with Gasteiger partial charge in [-0.2, -0.15) is 0 Å². The Morgan fingerprint density at radius 3 is 2.90 bits per heavy atom. The second kappa shape index (κ2) is 5.79. The van der Waals surface area contributed by atoms with Crippen molar-refractivity contribution in [3.8, 4) is 0 Å². The average molecular weight is 291 g/mol. The van der Waals surface area contributed by atoms with E-state index in [2.05, 4.69) is 29.5 Å². The minimum absolute atomic E-state index is 0.257. The number of hydrogen-bond donors (Lipinski definition) is 1. The molecule has 1 fully saturated rings. The van der Waals surface area contributed by atoms with Crippen LogP contribution in [-0.2, 0) is 17.8 Å². The van der Waals surface area contributed by atoms with Crippen LogP contribution < -0.4 is 0 Å². The minimum Gasteiger partial charge on any atom is -0.481 e. The predicted molar refractivity (Wildman–Crippen MR) is 80.1 cm³/mol. The first-order chi connectivity index (χ1) is 10.1. The van der Waals surface area contributed by atoms with E-state index in [1.807, 2.05) is 0 Å². The quantitative estimate of drug-likeness (QED) is 0.929. The fourth-order valence-corrected chi connectivity index (χ4v) is 3.72. The lowest BCUT2D eigenvalue weighted by Gasteiger charge is -2.37. The normalized spacial score (nSPS) is 26.8. The summed E-state index contributed by atoms with van der Waals surface area (Å²) in [5, 5.41) is 9.19. The maximum atomic E-state index is 11.2. The van der Waals surface area contributed by atoms with Crippen LogP contribution >= 0.6 is 0 Å². The number of fused-ring (bicyclic) bond motifs is 1. The molecule has 0 aliphatic carbocycles. The molecule has 0 radical (unpaired) electrons. The molecule has 0 spiro atoms. The first-order valence-corrected chi connectivity index (χ1v) is 8.10. The fraction of sp³-hybridized carbons (Fsp3) is 0.750. The minimum atomic E-state index is -0.683. The maximum Gasteiger partial charge on any atom is 0.308 e. The first kappa shape index (κ1) is 14.6. The molecule has 1 saturated heterocycles. The van der Waals surface area contributed by atoms with Crippen molar-refractivity contribution >= 4 is 5.97 Å². The highest BCUT2D eigenvalue weighted by Gasteiger charge is 2.31. The van der Waals surface area contributed by atoms with Crippen LogP contribution in [0.1, 0.15) is 57.1 Å². The number of imidazole rings is 1. The van der Waals surface area contributed by atoms with Crippen LogP contribution in [0.15, 0.2) is 6.20 Å². The molecule has 3 rings (SSSR count). The van der Waals surface area contributed by atoms with E-state index in [9.17, 15) is 9.90 Å². The molecule has 1 aromatic heterocycles. The van der Waals surface area contributed by atoms with Gasteiger partial charge in [-0.1, -0.05) is 6.42 Å². The number of aromatic nitrogens is 2. The second-order valence-corrected chi connectivity index (χ2v) is 6.65. The lowest BCUT2D eigenvalue weighted by atomic mass is 9.98. The standard InChI is InChI=1S/C16H25N3O2/c1-11(2)19-8-4-3-5-14(19)13-10-18-9-12(16(20)21)6-7-15(18)17-13/h10-12,14H,3-9H2,1-2H3,(H,20,21). The Morgan fingerprint density at radius 2 is 2.19 bits per heavy atom. The van der Waals surface area contributed by atoms with E-state index in [4.69, 9.17) is 4.98 Å². The molecule has 5 nitrogen and oxygen atoms in total. The summed E-state index contributed by atoms with van der Waals surface area (Å²) < 4.78 is 2.07. The number of aryl methyl sites for hydroxylation is 1. The van der Waals surface area contributed by atoms with Crippen molar-refractivity contribution < 1.29 is 9.90 Å². The Morgan fingerprint density at radius 1 is 1.38 bits per heavy atom. The van der Waals surface area contributed by atoms with E-state index < -0.39 is 5.97 Å². The van der Waals surface area contributed by atoms with Crippen LogP contribution in [0.5, 0.6) is 0 Å². The third-order valence-electron chi connectivity index (χ3n) is 4.91. The molecule has 5 heteroatoms. The van der Waals surface area contributed by atoms with Gasteiger partial charge in [-0.25, -0.2) is 4.98 Å². The summed E-state index contributed by atoms with van der Waals surface area (Å²) in [6.07, 6.45) is 7.29. The van der Waals surface area contributed by atoms with Crippen molar-refractivity contribution in [2.75, 3.05) is 6.54 Å². The maximum absolute atomic E-state index is 11.2. The summed E-state index contributed by atoms with van der Waals surface area (Å²) in [4.78, 5) is 18.5. The van der Waals surface area contributed by atoms with Crippen molar-refractivity contribution in [3.05, 3.63) is 17.7 Å². The highest BCUT2D eigenvalue weighted by molar-refractivity contribution is 5.70. The van der Waals surface area contributed by atoms with Crippen LogP contribution in [0.2, 0.25) is 0 Å². The fourth-order valence-electron chi connectivity index (χ4n) is 3.72. The van der Waals surface area contributed by atoms with Gasteiger partial charge >= 0.3 is 5.97 Å². The van der Waals surface area contributed by atoms with Gasteiger partial charge in [0.2, 0.25) is 0 Å². The number of carboxylic acid groups (broad SMARTS) is 1. The zero-order valence-corrected chi connectivity index (χ0v) is 13.0. The molecule has 1 N–H and O–H groups in total. The van der Waals surface area contributed by atoms with Crippen molar-refractivity contribution in [1.82, 2.24) is 14.5 Å². The molecule has 0 saturated carbocycles. The molecule has 21 heavy (non-hydrogen) atoms. The highest BCUT2D eigenvalue weighted by Crippen LogP contribution is 2.33. The van der Waals surface area contributed by atoms with E-state index in [0.29, 0.717) is 25.0 Å². The summed E-state index contributed by atoms with van der Waals surface area (Å²) >= 11 is 0. The van der Waals surface area contributed by atoms with Gasteiger partial charge < -0.3 is 9.67 Å². The van der Waals surface area contributed by atoms with Crippen LogP contribution in [0.25, 0.3) is 0 Å². The second-order valence-electron chi connectivity index (χ2n) is 6.65. The Kier molecular flexibility index (Phi) is 4.02. The molecule has 3 heterocycles. The third kappa shape index (κ3) is 2.84. The van der Waals surface area contributed by atoms with Crippen LogP contribution in [0, 0.1) is 5.92 Å². The number of carbonyl (C=O) groups is 1. The van der Waals surface area contributed by atoms with Crippen LogP contribution in [0.3, 0.4) is 0 Å². The molecule has 2 unspecified atom stereocenters. The Labute approximate surface area is 126 Å². The summed E-state index contributed by atoms with van der Waals surface area (Å²) in [7, 11) is 0. The summed E-state index contributed by atoms with van der Waals surface area (Å²) in [5.41, 5.74) is 1.14. The van der Waals surface area contributed by atoms with E-state index in [1.54, 1.807) is 0 Å². The van der Waals surface area contributed by atoms with Crippen LogP contribution in [-0.4, -0.2) is 38.1 Å². The van der Waals surface area contributed by atoms with Gasteiger partial charge in [0.1, 0.15) is 5.82 Å². The van der Waals surface area contributed by atoms with E-state index in [0.717, 1.165) is 30.9 Å². The van der Waals surface area contributed by atoms with Crippen molar-refractivity contribution in [1.29, 1.82) is 0 Å². The number of nitrogens with zero attached hydrogens (tertiary/aromatic N) is 3. The van der Waals surface area contributed by atoms with Crippen molar-refractivity contribution in [2.24, 2.45) is 5.92 Å². The zero-order chi connectivity index (χ0) is 15.0. The molecule has 1 aromatic rings. The van der Waals surface area contributed by atoms with E-state index in [-0.39, 0.29) is 5.92 Å². The number of likely N-dealkylation sites (tertiary alicyclic amines) is 1. The van der Waals surface area contributed by atoms with Gasteiger partial charge in [0, 0.05) is 25.2 Å². The molecule has 0 bridgehead atoms. The zero-order valence-electron chi connectivity index (χ0n) is 13.0. The molecule has 0 amide bonds. The van der Waals surface area contributed by atoms with Gasteiger partial charge in [0.15, 0.2) is 0 Å². The topological polar surface area (TPSA) is 58.4 Å². The summed E-state index contributed by atoms with van der Waals surface area (Å²) in [6.45, 7) is 6.21. The largest absolute Gasteiger partial charge is 0.481 e. The van der Waals surface area contributed by atoms with E-state index in [1.165, 1.54) is 12.8 Å². The van der Waals surface area contributed by atoms with Gasteiger partial charge in [0.05, 0.1) is 17.7 Å². The number of rotatable bonds is 3. The smallest absolute Gasteiger partial charge is 0.308 e. The number of piperidine rings is 1. The third-order valence-corrected chi connectivity index (χ3v) is 4.91. The molecule has 2 aliphatic rings. The Bertz CT molecular complexity index is 524. The highest BCUT2D eigenvalue weighted by atomic mass is 16.4. The van der Waals surface area contributed by atoms with Gasteiger partial charge in [0.25, 0.3) is 0 Å².